The lowest BCUT2D eigenvalue weighted by Gasteiger charge is -2.11. The molecule has 0 aliphatic carbocycles. The fraction of sp³-hybridized carbons (Fsp3) is 0.133. The lowest BCUT2D eigenvalue weighted by atomic mass is 10.1. The fourth-order valence-electron chi connectivity index (χ4n) is 1.74. The lowest BCUT2D eigenvalue weighted by molar-refractivity contribution is 1.14. The van der Waals surface area contributed by atoms with E-state index in [4.69, 9.17) is 35.4 Å². The highest BCUT2D eigenvalue weighted by atomic mass is 35.5. The van der Waals surface area contributed by atoms with Gasteiger partial charge in [-0.2, -0.15) is 0 Å². The van der Waals surface area contributed by atoms with Gasteiger partial charge in [0.05, 0.1) is 0 Å². The van der Waals surface area contributed by atoms with E-state index in [2.05, 4.69) is 29.7 Å². The smallest absolute Gasteiger partial charge is 0.175 e. The molecule has 0 aromatic heterocycles. The van der Waals surface area contributed by atoms with Gasteiger partial charge in [0.25, 0.3) is 0 Å². The number of benzene rings is 2. The summed E-state index contributed by atoms with van der Waals surface area (Å²) in [6, 6.07) is 13.3. The summed E-state index contributed by atoms with van der Waals surface area (Å²) in [6.45, 7) is 2.12. The van der Waals surface area contributed by atoms with Crippen LogP contribution < -0.4 is 10.6 Å². The first-order valence-corrected chi connectivity index (χ1v) is 7.36. The largest absolute Gasteiger partial charge is 0.332 e. The molecule has 0 atom stereocenters. The molecule has 0 unspecified atom stereocenters. The third kappa shape index (κ3) is 4.37. The molecule has 0 saturated heterocycles. The molecule has 0 amide bonds. The SMILES string of the molecule is CCc1ccc(NC(=S)Nc2cc(Cl)cc(Cl)c2)cc1. The van der Waals surface area contributed by atoms with Gasteiger partial charge in [-0.05, 0) is 54.5 Å². The van der Waals surface area contributed by atoms with E-state index in [1.54, 1.807) is 18.2 Å². The van der Waals surface area contributed by atoms with E-state index in [1.165, 1.54) is 5.56 Å². The Morgan fingerprint density at radius 1 is 0.950 bits per heavy atom. The van der Waals surface area contributed by atoms with Crippen LogP contribution in [0.15, 0.2) is 42.5 Å². The van der Waals surface area contributed by atoms with Crippen LogP contribution in [0.25, 0.3) is 0 Å². The first-order chi connectivity index (χ1) is 9.56. The third-order valence-corrected chi connectivity index (χ3v) is 3.38. The highest BCUT2D eigenvalue weighted by Gasteiger charge is 2.02. The molecule has 104 valence electrons. The fourth-order valence-corrected chi connectivity index (χ4v) is 2.50. The van der Waals surface area contributed by atoms with Gasteiger partial charge in [-0.1, -0.05) is 42.3 Å². The number of nitrogens with one attached hydrogen (secondary N) is 2. The topological polar surface area (TPSA) is 24.1 Å². The Morgan fingerprint density at radius 2 is 1.50 bits per heavy atom. The van der Waals surface area contributed by atoms with E-state index in [9.17, 15) is 0 Å². The quantitative estimate of drug-likeness (QED) is 0.742. The molecule has 0 fully saturated rings. The maximum Gasteiger partial charge on any atom is 0.175 e. The van der Waals surface area contributed by atoms with Crippen molar-refractivity contribution in [1.29, 1.82) is 0 Å². The van der Waals surface area contributed by atoms with Crippen LogP contribution in [-0.4, -0.2) is 5.11 Å². The Kier molecular flexibility index (Phi) is 5.24. The molecule has 0 radical (unpaired) electrons. The van der Waals surface area contributed by atoms with E-state index < -0.39 is 0 Å². The van der Waals surface area contributed by atoms with Crippen molar-refractivity contribution in [3.8, 4) is 0 Å². The Morgan fingerprint density at radius 3 is 2.05 bits per heavy atom. The van der Waals surface area contributed by atoms with Crippen LogP contribution in [-0.2, 0) is 6.42 Å². The van der Waals surface area contributed by atoms with Crippen LogP contribution in [0, 0.1) is 0 Å². The number of hydrogen-bond acceptors (Lipinski definition) is 1. The second-order valence-corrected chi connectivity index (χ2v) is 5.57. The number of aryl methyl sites for hydroxylation is 1. The average Bonchev–Trinajstić information content (AvgIpc) is 2.38. The molecule has 2 nitrogen and oxygen atoms in total. The normalized spacial score (nSPS) is 10.2. The van der Waals surface area contributed by atoms with Gasteiger partial charge in [0.1, 0.15) is 0 Å². The van der Waals surface area contributed by atoms with Gasteiger partial charge >= 0.3 is 0 Å². The predicted octanol–water partition coefficient (Wildman–Crippen LogP) is 5.36. The molecule has 2 N–H and O–H groups in total. The van der Waals surface area contributed by atoms with Gasteiger partial charge in [0.2, 0.25) is 0 Å². The zero-order valence-electron chi connectivity index (χ0n) is 10.9. The molecule has 0 spiro atoms. The zero-order chi connectivity index (χ0) is 14.5. The maximum atomic E-state index is 5.94. The summed E-state index contributed by atoms with van der Waals surface area (Å²) in [5, 5.41) is 7.79. The summed E-state index contributed by atoms with van der Waals surface area (Å²) >= 11 is 17.1. The van der Waals surface area contributed by atoms with Crippen molar-refractivity contribution in [1.82, 2.24) is 0 Å². The Labute approximate surface area is 134 Å². The number of halogens is 2. The van der Waals surface area contributed by atoms with Crippen LogP contribution in [0.4, 0.5) is 11.4 Å². The number of hydrogen-bond donors (Lipinski definition) is 2. The molecule has 0 bridgehead atoms. The van der Waals surface area contributed by atoms with Crippen molar-refractivity contribution in [2.75, 3.05) is 10.6 Å². The molecule has 0 saturated carbocycles. The lowest BCUT2D eigenvalue weighted by Crippen LogP contribution is -2.19. The van der Waals surface area contributed by atoms with Gasteiger partial charge in [-0.15, -0.1) is 0 Å². The summed E-state index contributed by atoms with van der Waals surface area (Å²) in [5.74, 6) is 0. The van der Waals surface area contributed by atoms with Crippen molar-refractivity contribution in [2.24, 2.45) is 0 Å². The van der Waals surface area contributed by atoms with E-state index in [1.807, 2.05) is 12.1 Å². The summed E-state index contributed by atoms with van der Waals surface area (Å²) in [4.78, 5) is 0. The number of anilines is 2. The molecule has 2 aromatic carbocycles. The summed E-state index contributed by atoms with van der Waals surface area (Å²) < 4.78 is 0. The van der Waals surface area contributed by atoms with Crippen LogP contribution in [0.1, 0.15) is 12.5 Å². The maximum absolute atomic E-state index is 5.94. The predicted molar refractivity (Wildman–Crippen MR) is 92.1 cm³/mol. The molecular formula is C15H14Cl2N2S. The molecule has 0 aliphatic heterocycles. The first-order valence-electron chi connectivity index (χ1n) is 6.20. The van der Waals surface area contributed by atoms with Crippen LogP contribution in [0.5, 0.6) is 0 Å². The highest BCUT2D eigenvalue weighted by Crippen LogP contribution is 2.22. The Balaban J connectivity index is 2.01. The van der Waals surface area contributed by atoms with Crippen LogP contribution in [0.3, 0.4) is 0 Å². The first kappa shape index (κ1) is 15.1. The minimum atomic E-state index is 0.493. The Bertz CT molecular complexity index is 592. The molecule has 0 heterocycles. The summed E-state index contributed by atoms with van der Waals surface area (Å²) in [5.41, 5.74) is 2.98. The number of rotatable bonds is 3. The molecule has 5 heteroatoms. The van der Waals surface area contributed by atoms with Crippen LogP contribution >= 0.6 is 35.4 Å². The molecule has 0 aliphatic rings. The third-order valence-electron chi connectivity index (χ3n) is 2.74. The number of thiocarbonyl (C=S) groups is 1. The van der Waals surface area contributed by atoms with Crippen molar-refractivity contribution in [2.45, 2.75) is 13.3 Å². The van der Waals surface area contributed by atoms with Crippen molar-refractivity contribution in [3.05, 3.63) is 58.1 Å². The van der Waals surface area contributed by atoms with E-state index >= 15 is 0 Å². The molecule has 2 rings (SSSR count). The Hall–Kier alpha value is -1.29. The van der Waals surface area contributed by atoms with Gasteiger partial charge in [-0.25, -0.2) is 0 Å². The zero-order valence-corrected chi connectivity index (χ0v) is 13.2. The van der Waals surface area contributed by atoms with Crippen molar-refractivity contribution >= 4 is 51.9 Å². The second-order valence-electron chi connectivity index (χ2n) is 4.29. The molecule has 2 aromatic rings. The summed E-state index contributed by atoms with van der Waals surface area (Å²) in [6.07, 6.45) is 1.02. The van der Waals surface area contributed by atoms with Gasteiger partial charge in [0.15, 0.2) is 5.11 Å². The molecule has 20 heavy (non-hydrogen) atoms. The van der Waals surface area contributed by atoms with Gasteiger partial charge in [-0.3, -0.25) is 0 Å². The minimum Gasteiger partial charge on any atom is -0.332 e. The second kappa shape index (κ2) is 6.93. The summed E-state index contributed by atoms with van der Waals surface area (Å²) in [7, 11) is 0. The minimum absolute atomic E-state index is 0.493. The van der Waals surface area contributed by atoms with Gasteiger partial charge < -0.3 is 10.6 Å². The van der Waals surface area contributed by atoms with E-state index in [0.29, 0.717) is 15.2 Å². The van der Waals surface area contributed by atoms with E-state index in [-0.39, 0.29) is 0 Å². The monoisotopic (exact) mass is 324 g/mol. The van der Waals surface area contributed by atoms with Crippen molar-refractivity contribution < 1.29 is 0 Å². The van der Waals surface area contributed by atoms with Gasteiger partial charge in [0, 0.05) is 21.4 Å². The van der Waals surface area contributed by atoms with Crippen LogP contribution in [0.2, 0.25) is 10.0 Å². The average molecular weight is 325 g/mol. The van der Waals surface area contributed by atoms with Crippen molar-refractivity contribution in [3.63, 3.8) is 0 Å². The highest BCUT2D eigenvalue weighted by molar-refractivity contribution is 7.80. The van der Waals surface area contributed by atoms with E-state index in [0.717, 1.165) is 17.8 Å². The molecular weight excluding hydrogens is 311 g/mol. The standard InChI is InChI=1S/C15H14Cl2N2S/c1-2-10-3-5-13(6-4-10)18-15(20)19-14-8-11(16)7-12(17)9-14/h3-9H,2H2,1H3,(H2,18,19,20).